The Balaban J connectivity index is 1.47. The van der Waals surface area contributed by atoms with E-state index in [1.54, 1.807) is 7.11 Å². The predicted octanol–water partition coefficient (Wildman–Crippen LogP) is 8.48. The zero-order valence-corrected chi connectivity index (χ0v) is 21.5. The highest BCUT2D eigenvalue weighted by Gasteiger charge is 2.40. The van der Waals surface area contributed by atoms with Crippen LogP contribution in [0, 0.1) is 12.8 Å². The molecular formula is C27H24BrCl2NO2. The third kappa shape index (κ3) is 4.25. The van der Waals surface area contributed by atoms with Gasteiger partial charge in [-0.05, 0) is 70.6 Å². The number of nitrogens with one attached hydrogen (secondary N) is 1. The molecule has 1 aliphatic heterocycles. The van der Waals surface area contributed by atoms with Crippen LogP contribution in [0.4, 0.5) is 5.69 Å². The molecule has 6 heteroatoms. The molecule has 0 aromatic heterocycles. The lowest BCUT2D eigenvalue weighted by atomic mass is 9.77. The second kappa shape index (κ2) is 9.25. The molecule has 1 heterocycles. The summed E-state index contributed by atoms with van der Waals surface area (Å²) >= 11 is 16.9. The SMILES string of the molecule is COc1cc([C@@H]2Nc3c(Cl)ccc(Cl)c3[C@@H]3C=CC[C@@H]32)cc(Br)c1OCc1ccc(C)cc1. The number of anilines is 1. The van der Waals surface area contributed by atoms with Gasteiger partial charge in [-0.2, -0.15) is 0 Å². The van der Waals surface area contributed by atoms with E-state index in [-0.39, 0.29) is 12.0 Å². The number of allylic oxidation sites excluding steroid dienone is 2. The fourth-order valence-electron chi connectivity index (χ4n) is 4.86. The number of hydrogen-bond acceptors (Lipinski definition) is 3. The van der Waals surface area contributed by atoms with Crippen LogP contribution in [0.5, 0.6) is 11.5 Å². The number of benzene rings is 3. The molecule has 0 fully saturated rings. The number of hydrogen-bond donors (Lipinski definition) is 1. The van der Waals surface area contributed by atoms with Crippen LogP contribution >= 0.6 is 39.1 Å². The fraction of sp³-hybridized carbons (Fsp3) is 0.259. The number of halogens is 3. The van der Waals surface area contributed by atoms with Gasteiger partial charge >= 0.3 is 0 Å². The second-order valence-electron chi connectivity index (χ2n) is 8.60. The lowest BCUT2D eigenvalue weighted by Gasteiger charge is -2.38. The number of fused-ring (bicyclic) bond motifs is 3. The molecule has 3 atom stereocenters. The molecule has 0 radical (unpaired) electrons. The molecule has 1 N–H and O–H groups in total. The molecule has 0 spiro atoms. The largest absolute Gasteiger partial charge is 0.493 e. The van der Waals surface area contributed by atoms with Crippen molar-refractivity contribution in [2.24, 2.45) is 5.92 Å². The first-order chi connectivity index (χ1) is 16.0. The molecule has 0 amide bonds. The Morgan fingerprint density at radius 2 is 1.82 bits per heavy atom. The van der Waals surface area contributed by atoms with Gasteiger partial charge in [-0.15, -0.1) is 0 Å². The summed E-state index contributed by atoms with van der Waals surface area (Å²) in [7, 11) is 1.67. The normalized spacial score (nSPS) is 20.7. The molecule has 3 aromatic rings. The summed E-state index contributed by atoms with van der Waals surface area (Å²) < 4.78 is 12.8. The van der Waals surface area contributed by atoms with Crippen molar-refractivity contribution in [3.05, 3.63) is 97.5 Å². The van der Waals surface area contributed by atoms with Crippen molar-refractivity contribution in [1.82, 2.24) is 0 Å². The molecule has 0 unspecified atom stereocenters. The minimum Gasteiger partial charge on any atom is -0.493 e. The van der Waals surface area contributed by atoms with Gasteiger partial charge in [0, 0.05) is 16.5 Å². The highest BCUT2D eigenvalue weighted by atomic mass is 79.9. The Hall–Kier alpha value is -2.14. The Labute approximate surface area is 212 Å². The van der Waals surface area contributed by atoms with Gasteiger partial charge in [0.25, 0.3) is 0 Å². The van der Waals surface area contributed by atoms with Crippen molar-refractivity contribution >= 4 is 44.8 Å². The monoisotopic (exact) mass is 543 g/mol. The number of ether oxygens (including phenoxy) is 2. The molecule has 0 saturated heterocycles. The third-order valence-corrected chi connectivity index (χ3v) is 7.76. The Bertz CT molecular complexity index is 1230. The van der Waals surface area contributed by atoms with E-state index in [0.29, 0.717) is 29.0 Å². The average molecular weight is 545 g/mol. The van der Waals surface area contributed by atoms with Crippen molar-refractivity contribution in [2.75, 3.05) is 12.4 Å². The van der Waals surface area contributed by atoms with Gasteiger partial charge in [0.2, 0.25) is 0 Å². The maximum Gasteiger partial charge on any atom is 0.175 e. The number of methoxy groups -OCH3 is 1. The maximum atomic E-state index is 6.59. The lowest BCUT2D eigenvalue weighted by molar-refractivity contribution is 0.282. The zero-order valence-electron chi connectivity index (χ0n) is 18.4. The van der Waals surface area contributed by atoms with Gasteiger partial charge in [0.1, 0.15) is 6.61 Å². The van der Waals surface area contributed by atoms with E-state index in [1.807, 2.05) is 12.1 Å². The molecule has 33 heavy (non-hydrogen) atoms. The molecule has 3 nitrogen and oxygen atoms in total. The highest BCUT2D eigenvalue weighted by Crippen LogP contribution is 2.54. The molecular weight excluding hydrogens is 521 g/mol. The van der Waals surface area contributed by atoms with E-state index >= 15 is 0 Å². The quantitative estimate of drug-likeness (QED) is 0.327. The Morgan fingerprint density at radius 1 is 1.06 bits per heavy atom. The number of aryl methyl sites for hydroxylation is 1. The van der Waals surface area contributed by atoms with Gasteiger partial charge in [-0.3, -0.25) is 0 Å². The van der Waals surface area contributed by atoms with Gasteiger partial charge in [0.05, 0.1) is 28.3 Å². The van der Waals surface area contributed by atoms with Crippen molar-refractivity contribution in [3.63, 3.8) is 0 Å². The zero-order chi connectivity index (χ0) is 23.1. The van der Waals surface area contributed by atoms with E-state index in [1.165, 1.54) is 5.56 Å². The fourth-order valence-corrected chi connectivity index (χ4v) is 5.93. The minimum atomic E-state index is 0.0600. The molecule has 2 aliphatic rings. The van der Waals surface area contributed by atoms with E-state index in [2.05, 4.69) is 76.7 Å². The molecule has 0 saturated carbocycles. The first-order valence-electron chi connectivity index (χ1n) is 10.9. The summed E-state index contributed by atoms with van der Waals surface area (Å²) in [5.74, 6) is 1.95. The van der Waals surface area contributed by atoms with Crippen molar-refractivity contribution in [2.45, 2.75) is 31.9 Å². The van der Waals surface area contributed by atoms with Crippen LogP contribution in [-0.4, -0.2) is 7.11 Å². The first kappa shape index (κ1) is 22.6. The van der Waals surface area contributed by atoms with E-state index < -0.39 is 0 Å². The molecule has 1 aliphatic carbocycles. The molecule has 5 rings (SSSR count). The van der Waals surface area contributed by atoms with Crippen LogP contribution in [0.2, 0.25) is 10.0 Å². The van der Waals surface area contributed by atoms with E-state index in [9.17, 15) is 0 Å². The number of rotatable bonds is 5. The summed E-state index contributed by atoms with van der Waals surface area (Å²) in [5, 5.41) is 5.11. The molecule has 3 aromatic carbocycles. The van der Waals surface area contributed by atoms with Gasteiger partial charge in [-0.1, -0.05) is 65.2 Å². The average Bonchev–Trinajstić information content (AvgIpc) is 3.30. The summed E-state index contributed by atoms with van der Waals surface area (Å²) in [4.78, 5) is 0. The predicted molar refractivity (Wildman–Crippen MR) is 139 cm³/mol. The molecule has 0 bridgehead atoms. The smallest absolute Gasteiger partial charge is 0.175 e. The Morgan fingerprint density at radius 3 is 2.58 bits per heavy atom. The van der Waals surface area contributed by atoms with Crippen LogP contribution in [0.25, 0.3) is 0 Å². The Kier molecular flexibility index (Phi) is 6.34. The summed E-state index contributed by atoms with van der Waals surface area (Å²) in [6.45, 7) is 2.54. The summed E-state index contributed by atoms with van der Waals surface area (Å²) in [6, 6.07) is 16.3. The van der Waals surface area contributed by atoms with E-state index in [0.717, 1.165) is 38.3 Å². The summed E-state index contributed by atoms with van der Waals surface area (Å²) in [5.41, 5.74) is 5.45. The standard InChI is InChI=1S/C27H24BrCl2NO2/c1-15-6-8-16(9-7-15)14-33-27-20(28)12-17(13-23(27)32-2)25-19-5-3-4-18(19)24-21(29)10-11-22(30)26(24)31-25/h3-4,6-13,18-19,25,31H,5,14H2,1-2H3/t18-,19+,25+/m1/s1. The van der Waals surface area contributed by atoms with Crippen LogP contribution in [0.15, 0.2) is 65.2 Å². The minimum absolute atomic E-state index is 0.0600. The highest BCUT2D eigenvalue weighted by molar-refractivity contribution is 9.10. The van der Waals surface area contributed by atoms with Gasteiger partial charge in [0.15, 0.2) is 11.5 Å². The van der Waals surface area contributed by atoms with Gasteiger partial charge < -0.3 is 14.8 Å². The van der Waals surface area contributed by atoms with Crippen LogP contribution < -0.4 is 14.8 Å². The van der Waals surface area contributed by atoms with Crippen LogP contribution in [0.1, 0.15) is 40.6 Å². The van der Waals surface area contributed by atoms with Crippen LogP contribution in [0.3, 0.4) is 0 Å². The van der Waals surface area contributed by atoms with Crippen molar-refractivity contribution in [1.29, 1.82) is 0 Å². The molecule has 170 valence electrons. The second-order valence-corrected chi connectivity index (χ2v) is 10.3. The van der Waals surface area contributed by atoms with E-state index in [4.69, 9.17) is 32.7 Å². The topological polar surface area (TPSA) is 30.5 Å². The van der Waals surface area contributed by atoms with Crippen molar-refractivity contribution in [3.8, 4) is 11.5 Å². The maximum absolute atomic E-state index is 6.59. The van der Waals surface area contributed by atoms with Crippen molar-refractivity contribution < 1.29 is 9.47 Å². The first-order valence-corrected chi connectivity index (χ1v) is 12.5. The lowest BCUT2D eigenvalue weighted by Crippen LogP contribution is -2.29. The summed E-state index contributed by atoms with van der Waals surface area (Å²) in [6.07, 6.45) is 5.46. The third-order valence-electron chi connectivity index (χ3n) is 6.53. The van der Waals surface area contributed by atoms with Crippen LogP contribution in [-0.2, 0) is 6.61 Å². The van der Waals surface area contributed by atoms with Gasteiger partial charge in [-0.25, -0.2) is 0 Å².